The Kier molecular flexibility index (Phi) is 4.30. The lowest BCUT2D eigenvalue weighted by atomic mass is 10.1. The lowest BCUT2D eigenvalue weighted by Gasteiger charge is -2.23. The monoisotopic (exact) mass is 257 g/mol. The molecule has 0 spiro atoms. The Labute approximate surface area is 105 Å². The van der Waals surface area contributed by atoms with Gasteiger partial charge >= 0.3 is 0 Å². The third kappa shape index (κ3) is 3.23. The molecule has 2 rings (SSSR count). The van der Waals surface area contributed by atoms with Crippen LogP contribution >= 0.6 is 23.1 Å². The van der Waals surface area contributed by atoms with Crippen molar-refractivity contribution in [3.05, 3.63) is 22.4 Å². The van der Waals surface area contributed by atoms with Gasteiger partial charge in [0.2, 0.25) is 0 Å². The number of nitrogens with one attached hydrogen (secondary N) is 1. The maximum Gasteiger partial charge on any atom is 0.101 e. The summed E-state index contributed by atoms with van der Waals surface area (Å²) >= 11 is 3.67. The molecule has 0 aromatic carbocycles. The standard InChI is InChI=1S/C12H19NOS2/c1-12(5-3-7-16-12)9-13-8-10(14)11-4-2-6-15-11/h2,4,6,10,13-14H,3,5,7-9H2,1H3. The van der Waals surface area contributed by atoms with Gasteiger partial charge in [0, 0.05) is 22.7 Å². The maximum absolute atomic E-state index is 9.91. The molecule has 1 aromatic rings. The van der Waals surface area contributed by atoms with Crippen molar-refractivity contribution >= 4 is 23.1 Å². The van der Waals surface area contributed by atoms with Crippen molar-refractivity contribution in [1.29, 1.82) is 0 Å². The zero-order chi connectivity index (χ0) is 11.4. The number of hydrogen-bond donors (Lipinski definition) is 2. The minimum atomic E-state index is -0.352. The summed E-state index contributed by atoms with van der Waals surface area (Å²) in [4.78, 5) is 1.05. The first-order valence-electron chi connectivity index (χ1n) is 5.76. The smallest absolute Gasteiger partial charge is 0.101 e. The van der Waals surface area contributed by atoms with Crippen LogP contribution in [0.5, 0.6) is 0 Å². The normalized spacial score (nSPS) is 27.1. The molecule has 2 atom stereocenters. The summed E-state index contributed by atoms with van der Waals surface area (Å²) in [5.41, 5.74) is 0. The first-order chi connectivity index (χ1) is 7.70. The average molecular weight is 257 g/mol. The Bertz CT molecular complexity index is 307. The third-order valence-electron chi connectivity index (χ3n) is 3.01. The molecule has 0 aliphatic carbocycles. The summed E-state index contributed by atoms with van der Waals surface area (Å²) in [6.07, 6.45) is 2.27. The second kappa shape index (κ2) is 5.54. The maximum atomic E-state index is 9.91. The minimum Gasteiger partial charge on any atom is -0.386 e. The highest BCUT2D eigenvalue weighted by Gasteiger charge is 2.28. The number of aliphatic hydroxyl groups is 1. The van der Waals surface area contributed by atoms with Crippen LogP contribution in [0.25, 0.3) is 0 Å². The molecule has 2 unspecified atom stereocenters. The van der Waals surface area contributed by atoms with E-state index < -0.39 is 0 Å². The van der Waals surface area contributed by atoms with Gasteiger partial charge < -0.3 is 10.4 Å². The highest BCUT2D eigenvalue weighted by molar-refractivity contribution is 8.00. The van der Waals surface area contributed by atoms with E-state index in [1.165, 1.54) is 18.6 Å². The van der Waals surface area contributed by atoms with Crippen LogP contribution in [0.3, 0.4) is 0 Å². The van der Waals surface area contributed by atoms with Gasteiger partial charge in [-0.15, -0.1) is 11.3 Å². The van der Waals surface area contributed by atoms with Gasteiger partial charge in [0.05, 0.1) is 0 Å². The van der Waals surface area contributed by atoms with E-state index in [4.69, 9.17) is 0 Å². The Morgan fingerprint density at radius 2 is 2.50 bits per heavy atom. The molecule has 0 amide bonds. The van der Waals surface area contributed by atoms with Crippen molar-refractivity contribution in [1.82, 2.24) is 5.32 Å². The molecule has 4 heteroatoms. The molecule has 16 heavy (non-hydrogen) atoms. The number of rotatable bonds is 5. The number of thiophene rings is 1. The highest BCUT2D eigenvalue weighted by Crippen LogP contribution is 2.37. The molecular formula is C12H19NOS2. The van der Waals surface area contributed by atoms with Gasteiger partial charge in [0.25, 0.3) is 0 Å². The highest BCUT2D eigenvalue weighted by atomic mass is 32.2. The van der Waals surface area contributed by atoms with E-state index >= 15 is 0 Å². The van der Waals surface area contributed by atoms with Crippen molar-refractivity contribution < 1.29 is 5.11 Å². The zero-order valence-corrected chi connectivity index (χ0v) is 11.2. The van der Waals surface area contributed by atoms with E-state index in [9.17, 15) is 5.11 Å². The summed E-state index contributed by atoms with van der Waals surface area (Å²) < 4.78 is 0.384. The average Bonchev–Trinajstić information content (AvgIpc) is 2.88. The lowest BCUT2D eigenvalue weighted by molar-refractivity contribution is 0.177. The lowest BCUT2D eigenvalue weighted by Crippen LogP contribution is -2.35. The molecule has 0 radical (unpaired) electrons. The van der Waals surface area contributed by atoms with E-state index in [-0.39, 0.29) is 6.10 Å². The molecule has 0 bridgehead atoms. The van der Waals surface area contributed by atoms with Crippen LogP contribution in [0.1, 0.15) is 30.7 Å². The summed E-state index contributed by atoms with van der Waals surface area (Å²) in [6.45, 7) is 3.98. The van der Waals surface area contributed by atoms with E-state index in [2.05, 4.69) is 24.0 Å². The van der Waals surface area contributed by atoms with Crippen LogP contribution < -0.4 is 5.32 Å². The molecular weight excluding hydrogens is 238 g/mol. The molecule has 2 N–H and O–H groups in total. The summed E-state index contributed by atoms with van der Waals surface area (Å²) in [5, 5.41) is 15.3. The van der Waals surface area contributed by atoms with Gasteiger partial charge in [0.15, 0.2) is 0 Å². The first-order valence-corrected chi connectivity index (χ1v) is 7.62. The third-order valence-corrected chi connectivity index (χ3v) is 5.52. The Balaban J connectivity index is 1.72. The fraction of sp³-hybridized carbons (Fsp3) is 0.667. The van der Waals surface area contributed by atoms with Crippen LogP contribution in [-0.2, 0) is 0 Å². The van der Waals surface area contributed by atoms with Crippen LogP contribution in [0, 0.1) is 0 Å². The quantitative estimate of drug-likeness (QED) is 0.850. The largest absolute Gasteiger partial charge is 0.386 e. The summed E-state index contributed by atoms with van der Waals surface area (Å²) in [6, 6.07) is 3.97. The molecule has 1 aliphatic rings. The number of hydrogen-bond acceptors (Lipinski definition) is 4. The van der Waals surface area contributed by atoms with E-state index in [1.54, 1.807) is 11.3 Å². The van der Waals surface area contributed by atoms with Crippen LogP contribution in [0.15, 0.2) is 17.5 Å². The van der Waals surface area contributed by atoms with Gasteiger partial charge in [0.1, 0.15) is 6.10 Å². The number of thioether (sulfide) groups is 1. The summed E-state index contributed by atoms with van der Waals surface area (Å²) in [5.74, 6) is 1.28. The fourth-order valence-corrected chi connectivity index (χ4v) is 4.02. The predicted molar refractivity (Wildman–Crippen MR) is 72.2 cm³/mol. The second-order valence-electron chi connectivity index (χ2n) is 4.56. The molecule has 2 heterocycles. The predicted octanol–water partition coefficient (Wildman–Crippen LogP) is 2.66. The van der Waals surface area contributed by atoms with Gasteiger partial charge in [-0.1, -0.05) is 6.07 Å². The van der Waals surface area contributed by atoms with E-state index in [0.717, 1.165) is 11.4 Å². The first kappa shape index (κ1) is 12.4. The van der Waals surface area contributed by atoms with Crippen molar-refractivity contribution in [2.24, 2.45) is 0 Å². The SMILES string of the molecule is CC1(CNCC(O)c2cccs2)CCCS1. The van der Waals surface area contributed by atoms with Crippen LogP contribution in [-0.4, -0.2) is 28.7 Å². The zero-order valence-electron chi connectivity index (χ0n) is 9.61. The Morgan fingerprint density at radius 1 is 1.62 bits per heavy atom. The molecule has 90 valence electrons. The minimum absolute atomic E-state index is 0.352. The van der Waals surface area contributed by atoms with Crippen molar-refractivity contribution in [2.75, 3.05) is 18.8 Å². The molecule has 2 nitrogen and oxygen atoms in total. The Hall–Kier alpha value is -0.0300. The molecule has 1 saturated heterocycles. The van der Waals surface area contributed by atoms with Crippen molar-refractivity contribution in [3.63, 3.8) is 0 Å². The number of aliphatic hydroxyl groups excluding tert-OH is 1. The van der Waals surface area contributed by atoms with Crippen molar-refractivity contribution in [2.45, 2.75) is 30.6 Å². The second-order valence-corrected chi connectivity index (χ2v) is 7.23. The Morgan fingerprint density at radius 3 is 3.12 bits per heavy atom. The van der Waals surface area contributed by atoms with Crippen LogP contribution in [0.2, 0.25) is 0 Å². The molecule has 0 saturated carbocycles. The fourth-order valence-electron chi connectivity index (χ4n) is 2.03. The summed E-state index contributed by atoms with van der Waals surface area (Å²) in [7, 11) is 0. The van der Waals surface area contributed by atoms with Crippen LogP contribution in [0.4, 0.5) is 0 Å². The topological polar surface area (TPSA) is 32.3 Å². The molecule has 1 aliphatic heterocycles. The van der Waals surface area contributed by atoms with Gasteiger partial charge in [-0.25, -0.2) is 0 Å². The van der Waals surface area contributed by atoms with E-state index in [0.29, 0.717) is 11.3 Å². The van der Waals surface area contributed by atoms with Crippen molar-refractivity contribution in [3.8, 4) is 0 Å². The molecule has 1 fully saturated rings. The van der Waals surface area contributed by atoms with Gasteiger partial charge in [-0.05, 0) is 37.0 Å². The van der Waals surface area contributed by atoms with E-state index in [1.807, 2.05) is 17.5 Å². The van der Waals surface area contributed by atoms with Gasteiger partial charge in [-0.2, -0.15) is 11.8 Å². The molecule has 1 aromatic heterocycles. The van der Waals surface area contributed by atoms with Gasteiger partial charge in [-0.3, -0.25) is 0 Å².